The van der Waals surface area contributed by atoms with Crippen LogP contribution < -0.4 is 4.74 Å². The van der Waals surface area contributed by atoms with Crippen molar-refractivity contribution in [3.8, 4) is 5.75 Å². The van der Waals surface area contributed by atoms with Gasteiger partial charge in [0.1, 0.15) is 18.0 Å². The summed E-state index contributed by atoms with van der Waals surface area (Å²) in [6.45, 7) is 5.92. The van der Waals surface area contributed by atoms with Gasteiger partial charge in [-0.1, -0.05) is 6.07 Å². The summed E-state index contributed by atoms with van der Waals surface area (Å²) in [4.78, 5) is 13.2. The van der Waals surface area contributed by atoms with E-state index in [-0.39, 0.29) is 17.7 Å². The second-order valence-electron chi connectivity index (χ2n) is 6.61. The summed E-state index contributed by atoms with van der Waals surface area (Å²) in [5, 5.41) is 23.7. The van der Waals surface area contributed by atoms with Crippen LogP contribution in [0.15, 0.2) is 36.5 Å². The molecule has 2 aromatic rings. The average molecular weight is 345 g/mol. The quantitative estimate of drug-likeness (QED) is 0.830. The van der Waals surface area contributed by atoms with Crippen molar-refractivity contribution in [3.05, 3.63) is 47.8 Å². The van der Waals surface area contributed by atoms with E-state index in [1.807, 2.05) is 10.7 Å². The highest BCUT2D eigenvalue weighted by Crippen LogP contribution is 2.22. The molecule has 2 atom stereocenters. The molecule has 1 fully saturated rings. The first-order chi connectivity index (χ1) is 11.9. The van der Waals surface area contributed by atoms with Crippen molar-refractivity contribution in [1.82, 2.24) is 14.7 Å². The maximum absolute atomic E-state index is 11.0. The molecule has 134 valence electrons. The van der Waals surface area contributed by atoms with Crippen LogP contribution in [0, 0.1) is 0 Å². The number of aliphatic hydroxyl groups excluding tert-OH is 1. The molecule has 0 unspecified atom stereocenters. The molecule has 1 aromatic carbocycles. The largest absolute Gasteiger partial charge is 0.486 e. The summed E-state index contributed by atoms with van der Waals surface area (Å²) in [5.41, 5.74) is 1.26. The lowest BCUT2D eigenvalue weighted by molar-refractivity contribution is 0.0688. The van der Waals surface area contributed by atoms with Gasteiger partial charge < -0.3 is 14.9 Å². The van der Waals surface area contributed by atoms with Crippen LogP contribution in [-0.4, -0.2) is 56.2 Å². The molecule has 0 bridgehead atoms. The van der Waals surface area contributed by atoms with E-state index in [4.69, 9.17) is 9.84 Å². The minimum absolute atomic E-state index is 0.169. The average Bonchev–Trinajstić information content (AvgIpc) is 3.15. The molecule has 0 radical (unpaired) electrons. The number of aromatic nitrogens is 2. The number of carbonyl (C=O) groups is 1. The zero-order valence-corrected chi connectivity index (χ0v) is 14.4. The number of benzene rings is 1. The van der Waals surface area contributed by atoms with Crippen molar-refractivity contribution >= 4 is 5.97 Å². The number of likely N-dealkylation sites (tertiary alicyclic amines) is 1. The van der Waals surface area contributed by atoms with Crippen LogP contribution in [0.5, 0.6) is 5.75 Å². The van der Waals surface area contributed by atoms with Crippen LogP contribution in [0.2, 0.25) is 0 Å². The van der Waals surface area contributed by atoms with E-state index in [2.05, 4.69) is 23.8 Å². The van der Waals surface area contributed by atoms with Gasteiger partial charge in [0, 0.05) is 31.9 Å². The maximum atomic E-state index is 11.0. The SMILES string of the molecule is CC(C)n1nccc1CN1C[C@@H](O)[C@H](Oc2cccc(C(=O)O)c2)C1. The van der Waals surface area contributed by atoms with E-state index in [1.165, 1.54) is 12.1 Å². The van der Waals surface area contributed by atoms with Crippen molar-refractivity contribution in [3.63, 3.8) is 0 Å². The highest BCUT2D eigenvalue weighted by Gasteiger charge is 2.33. The molecule has 7 nitrogen and oxygen atoms in total. The Morgan fingerprint density at radius 1 is 1.36 bits per heavy atom. The molecular formula is C18H23N3O4. The summed E-state index contributed by atoms with van der Waals surface area (Å²) in [6, 6.07) is 8.60. The Balaban J connectivity index is 1.64. The van der Waals surface area contributed by atoms with Gasteiger partial charge in [-0.15, -0.1) is 0 Å². The maximum Gasteiger partial charge on any atom is 0.335 e. The minimum Gasteiger partial charge on any atom is -0.486 e. The molecule has 0 spiro atoms. The Bertz CT molecular complexity index is 743. The highest BCUT2D eigenvalue weighted by molar-refractivity contribution is 5.88. The van der Waals surface area contributed by atoms with Gasteiger partial charge in [0.25, 0.3) is 0 Å². The summed E-state index contributed by atoms with van der Waals surface area (Å²) in [7, 11) is 0. The normalized spacial score (nSPS) is 21.0. The van der Waals surface area contributed by atoms with Gasteiger partial charge >= 0.3 is 5.97 Å². The van der Waals surface area contributed by atoms with Crippen molar-refractivity contribution in [2.45, 2.75) is 38.6 Å². The standard InChI is InChI=1S/C18H23N3O4/c1-12(2)21-14(6-7-19-21)9-20-10-16(22)17(11-20)25-15-5-3-4-13(8-15)18(23)24/h3-8,12,16-17,22H,9-11H2,1-2H3,(H,23,24)/t16-,17-/m1/s1. The topological polar surface area (TPSA) is 87.8 Å². The monoisotopic (exact) mass is 345 g/mol. The number of carboxylic acid groups (broad SMARTS) is 1. The van der Waals surface area contributed by atoms with Crippen LogP contribution in [0.25, 0.3) is 0 Å². The first-order valence-electron chi connectivity index (χ1n) is 8.37. The highest BCUT2D eigenvalue weighted by atomic mass is 16.5. The van der Waals surface area contributed by atoms with E-state index in [0.717, 1.165) is 5.69 Å². The van der Waals surface area contributed by atoms with Gasteiger partial charge in [-0.3, -0.25) is 9.58 Å². The zero-order chi connectivity index (χ0) is 18.0. The second-order valence-corrected chi connectivity index (χ2v) is 6.61. The Kier molecular flexibility index (Phi) is 5.06. The molecule has 1 aliphatic rings. The molecule has 2 heterocycles. The molecule has 3 rings (SSSR count). The summed E-state index contributed by atoms with van der Waals surface area (Å²) in [5.74, 6) is -0.543. The number of carboxylic acids is 1. The van der Waals surface area contributed by atoms with Gasteiger partial charge in [-0.05, 0) is 38.1 Å². The molecular weight excluding hydrogens is 322 g/mol. The Labute approximate surface area is 146 Å². The number of aliphatic hydroxyl groups is 1. The second kappa shape index (κ2) is 7.25. The first kappa shape index (κ1) is 17.4. The van der Waals surface area contributed by atoms with E-state index >= 15 is 0 Å². The van der Waals surface area contributed by atoms with E-state index in [9.17, 15) is 9.90 Å². The fourth-order valence-electron chi connectivity index (χ4n) is 3.12. The molecule has 1 aliphatic heterocycles. The number of hydrogen-bond acceptors (Lipinski definition) is 5. The molecule has 1 aromatic heterocycles. The fourth-order valence-corrected chi connectivity index (χ4v) is 3.12. The first-order valence-corrected chi connectivity index (χ1v) is 8.37. The number of nitrogens with zero attached hydrogens (tertiary/aromatic N) is 3. The lowest BCUT2D eigenvalue weighted by Gasteiger charge is -2.18. The number of rotatable bonds is 6. The van der Waals surface area contributed by atoms with Crippen molar-refractivity contribution in [2.75, 3.05) is 13.1 Å². The molecule has 2 N–H and O–H groups in total. The summed E-state index contributed by atoms with van der Waals surface area (Å²) >= 11 is 0. The summed E-state index contributed by atoms with van der Waals surface area (Å²) in [6.07, 6.45) is 0.774. The van der Waals surface area contributed by atoms with Crippen LogP contribution in [0.4, 0.5) is 0 Å². The number of ether oxygens (including phenoxy) is 1. The molecule has 7 heteroatoms. The van der Waals surface area contributed by atoms with E-state index in [0.29, 0.717) is 25.4 Å². The molecule has 0 saturated carbocycles. The number of hydrogen-bond donors (Lipinski definition) is 2. The lowest BCUT2D eigenvalue weighted by atomic mass is 10.2. The van der Waals surface area contributed by atoms with Gasteiger partial charge in [0.05, 0.1) is 11.3 Å². The summed E-state index contributed by atoms with van der Waals surface area (Å²) < 4.78 is 7.80. The van der Waals surface area contributed by atoms with Crippen LogP contribution in [-0.2, 0) is 6.54 Å². The molecule has 1 saturated heterocycles. The fraction of sp³-hybridized carbons (Fsp3) is 0.444. The third-order valence-corrected chi connectivity index (χ3v) is 4.31. The van der Waals surface area contributed by atoms with Crippen molar-refractivity contribution < 1.29 is 19.7 Å². The Morgan fingerprint density at radius 2 is 2.16 bits per heavy atom. The van der Waals surface area contributed by atoms with E-state index < -0.39 is 12.1 Å². The van der Waals surface area contributed by atoms with Gasteiger partial charge in [0.15, 0.2) is 0 Å². The van der Waals surface area contributed by atoms with Gasteiger partial charge in [-0.25, -0.2) is 4.79 Å². The smallest absolute Gasteiger partial charge is 0.335 e. The van der Waals surface area contributed by atoms with Crippen molar-refractivity contribution in [1.29, 1.82) is 0 Å². The molecule has 0 amide bonds. The third kappa shape index (κ3) is 4.00. The lowest BCUT2D eigenvalue weighted by Crippen LogP contribution is -2.30. The third-order valence-electron chi connectivity index (χ3n) is 4.31. The van der Waals surface area contributed by atoms with Crippen LogP contribution in [0.1, 0.15) is 35.9 Å². The van der Waals surface area contributed by atoms with E-state index in [1.54, 1.807) is 18.3 Å². The predicted molar refractivity (Wildman–Crippen MR) is 91.7 cm³/mol. The number of β-amino-alcohol motifs (C(OH)–C–C–N with tert-alkyl or cyclic N) is 1. The predicted octanol–water partition coefficient (Wildman–Crippen LogP) is 1.79. The Morgan fingerprint density at radius 3 is 2.88 bits per heavy atom. The molecule has 25 heavy (non-hydrogen) atoms. The Hall–Kier alpha value is -2.38. The van der Waals surface area contributed by atoms with Crippen LogP contribution in [0.3, 0.4) is 0 Å². The zero-order valence-electron chi connectivity index (χ0n) is 14.4. The van der Waals surface area contributed by atoms with Crippen molar-refractivity contribution in [2.24, 2.45) is 0 Å². The molecule has 0 aliphatic carbocycles. The number of aromatic carboxylic acids is 1. The van der Waals surface area contributed by atoms with Gasteiger partial charge in [-0.2, -0.15) is 5.10 Å². The minimum atomic E-state index is -0.999. The van der Waals surface area contributed by atoms with Gasteiger partial charge in [0.2, 0.25) is 0 Å². The van der Waals surface area contributed by atoms with Crippen LogP contribution >= 0.6 is 0 Å².